The van der Waals surface area contributed by atoms with Gasteiger partial charge in [-0.05, 0) is 49.4 Å². The normalized spacial score (nSPS) is 21.8. The van der Waals surface area contributed by atoms with Crippen molar-refractivity contribution in [3.05, 3.63) is 29.8 Å². The SMILES string of the molecule is CC1CCCN(CCNC(=O)CCc2ccc(S(=O)(=O)N3CCOCC3)cc2)C1. The number of morpholine rings is 1. The molecule has 1 atom stereocenters. The van der Waals surface area contributed by atoms with E-state index in [1.165, 1.54) is 17.1 Å². The highest BCUT2D eigenvalue weighted by Gasteiger charge is 2.26. The largest absolute Gasteiger partial charge is 0.379 e. The van der Waals surface area contributed by atoms with Crippen LogP contribution in [0.2, 0.25) is 0 Å². The summed E-state index contributed by atoms with van der Waals surface area (Å²) in [6, 6.07) is 6.87. The number of rotatable bonds is 8. The minimum absolute atomic E-state index is 0.0417. The van der Waals surface area contributed by atoms with Crippen molar-refractivity contribution in [3.63, 3.8) is 0 Å². The van der Waals surface area contributed by atoms with Gasteiger partial charge in [-0.25, -0.2) is 8.42 Å². The van der Waals surface area contributed by atoms with Gasteiger partial charge in [0, 0.05) is 39.1 Å². The molecule has 29 heavy (non-hydrogen) atoms. The Morgan fingerprint density at radius 3 is 2.59 bits per heavy atom. The van der Waals surface area contributed by atoms with Gasteiger partial charge in [0.05, 0.1) is 18.1 Å². The van der Waals surface area contributed by atoms with E-state index in [-0.39, 0.29) is 5.91 Å². The van der Waals surface area contributed by atoms with Crippen LogP contribution in [0.4, 0.5) is 0 Å². The minimum Gasteiger partial charge on any atom is -0.379 e. The Labute approximate surface area is 174 Å². The van der Waals surface area contributed by atoms with Gasteiger partial charge >= 0.3 is 0 Å². The maximum absolute atomic E-state index is 12.6. The quantitative estimate of drug-likeness (QED) is 0.685. The maximum Gasteiger partial charge on any atom is 0.243 e. The van der Waals surface area contributed by atoms with E-state index in [1.54, 1.807) is 24.3 Å². The first-order chi connectivity index (χ1) is 13.9. The Kier molecular flexibility index (Phi) is 8.06. The standard InChI is InChI=1S/C21H33N3O4S/c1-18-3-2-11-23(17-18)12-10-22-21(25)9-6-19-4-7-20(8-5-19)29(26,27)24-13-15-28-16-14-24/h4-5,7-8,18H,2-3,6,9-17H2,1H3,(H,22,25). The molecule has 2 aliphatic heterocycles. The molecule has 0 radical (unpaired) electrons. The summed E-state index contributed by atoms with van der Waals surface area (Å²) in [6.45, 7) is 7.76. The van der Waals surface area contributed by atoms with Crippen LogP contribution < -0.4 is 5.32 Å². The molecule has 1 aromatic rings. The number of hydrogen-bond acceptors (Lipinski definition) is 5. The Bertz CT molecular complexity index is 761. The first-order valence-corrected chi connectivity index (χ1v) is 12.0. The molecule has 1 aromatic carbocycles. The molecule has 0 aliphatic carbocycles. The number of benzene rings is 1. The van der Waals surface area contributed by atoms with Gasteiger partial charge in [-0.1, -0.05) is 19.1 Å². The zero-order valence-electron chi connectivity index (χ0n) is 17.3. The fourth-order valence-electron chi connectivity index (χ4n) is 3.95. The van der Waals surface area contributed by atoms with Crippen molar-refractivity contribution in [2.75, 3.05) is 52.5 Å². The molecule has 162 valence electrons. The lowest BCUT2D eigenvalue weighted by atomic mass is 10.0. The Balaban J connectivity index is 1.41. The molecule has 0 bridgehead atoms. The van der Waals surface area contributed by atoms with Gasteiger partial charge in [0.25, 0.3) is 0 Å². The Hall–Kier alpha value is -1.48. The lowest BCUT2D eigenvalue weighted by Crippen LogP contribution is -2.40. The molecule has 1 unspecified atom stereocenters. The van der Waals surface area contributed by atoms with Crippen LogP contribution >= 0.6 is 0 Å². The number of piperidine rings is 1. The second-order valence-electron chi connectivity index (χ2n) is 8.06. The number of nitrogens with zero attached hydrogens (tertiary/aromatic N) is 2. The highest BCUT2D eigenvalue weighted by Crippen LogP contribution is 2.18. The van der Waals surface area contributed by atoms with E-state index >= 15 is 0 Å². The van der Waals surface area contributed by atoms with Gasteiger partial charge in [-0.2, -0.15) is 4.31 Å². The summed E-state index contributed by atoms with van der Waals surface area (Å²) >= 11 is 0. The molecular formula is C21H33N3O4S. The van der Waals surface area contributed by atoms with Crippen molar-refractivity contribution < 1.29 is 17.9 Å². The van der Waals surface area contributed by atoms with Crippen molar-refractivity contribution in [3.8, 4) is 0 Å². The molecule has 8 heteroatoms. The van der Waals surface area contributed by atoms with Crippen LogP contribution in [0.5, 0.6) is 0 Å². The summed E-state index contributed by atoms with van der Waals surface area (Å²) in [5, 5.41) is 3.00. The third-order valence-electron chi connectivity index (χ3n) is 5.66. The molecule has 0 aromatic heterocycles. The number of carbonyl (C=O) groups excluding carboxylic acids is 1. The smallest absolute Gasteiger partial charge is 0.243 e. The second-order valence-corrected chi connectivity index (χ2v) is 10.00. The number of hydrogen-bond donors (Lipinski definition) is 1. The average molecular weight is 424 g/mol. The summed E-state index contributed by atoms with van der Waals surface area (Å²) in [7, 11) is -3.47. The van der Waals surface area contributed by atoms with Gasteiger partial charge in [-0.15, -0.1) is 0 Å². The molecular weight excluding hydrogens is 390 g/mol. The van der Waals surface area contributed by atoms with Crippen LogP contribution in [0.3, 0.4) is 0 Å². The van der Waals surface area contributed by atoms with E-state index in [4.69, 9.17) is 4.74 Å². The van der Waals surface area contributed by atoms with Crippen molar-refractivity contribution in [2.24, 2.45) is 5.92 Å². The number of amides is 1. The van der Waals surface area contributed by atoms with Crippen LogP contribution in [0, 0.1) is 5.92 Å². The lowest BCUT2D eigenvalue weighted by molar-refractivity contribution is -0.121. The predicted octanol–water partition coefficient (Wildman–Crippen LogP) is 1.49. The monoisotopic (exact) mass is 423 g/mol. The summed E-state index contributed by atoms with van der Waals surface area (Å²) in [5.41, 5.74) is 0.964. The third kappa shape index (κ3) is 6.50. The fraction of sp³-hybridized carbons (Fsp3) is 0.667. The lowest BCUT2D eigenvalue weighted by Gasteiger charge is -2.30. The summed E-state index contributed by atoms with van der Waals surface area (Å²) < 4.78 is 32.0. The zero-order chi connectivity index (χ0) is 20.7. The van der Waals surface area contributed by atoms with E-state index in [1.807, 2.05) is 0 Å². The molecule has 1 N–H and O–H groups in total. The van der Waals surface area contributed by atoms with Crippen LogP contribution in [0.1, 0.15) is 31.7 Å². The molecule has 2 saturated heterocycles. The zero-order valence-corrected chi connectivity index (χ0v) is 18.1. The van der Waals surface area contributed by atoms with Gasteiger partial charge in [0.1, 0.15) is 0 Å². The molecule has 2 aliphatic rings. The first kappa shape index (κ1) is 22.2. The molecule has 7 nitrogen and oxygen atoms in total. The summed E-state index contributed by atoms with van der Waals surface area (Å²) in [4.78, 5) is 14.8. The van der Waals surface area contributed by atoms with Gasteiger partial charge in [0.2, 0.25) is 15.9 Å². The number of ether oxygens (including phenoxy) is 1. The first-order valence-electron chi connectivity index (χ1n) is 10.6. The molecule has 2 fully saturated rings. The number of likely N-dealkylation sites (tertiary alicyclic amines) is 1. The molecule has 3 rings (SSSR count). The van der Waals surface area contributed by atoms with E-state index in [2.05, 4.69) is 17.1 Å². The number of nitrogens with one attached hydrogen (secondary N) is 1. The average Bonchev–Trinajstić information content (AvgIpc) is 2.73. The molecule has 2 heterocycles. The van der Waals surface area contributed by atoms with Crippen molar-refractivity contribution in [1.29, 1.82) is 0 Å². The van der Waals surface area contributed by atoms with Crippen LogP contribution in [-0.2, 0) is 26.0 Å². The van der Waals surface area contributed by atoms with Gasteiger partial charge in [0.15, 0.2) is 0 Å². The number of carbonyl (C=O) groups is 1. The van der Waals surface area contributed by atoms with Crippen LogP contribution in [0.15, 0.2) is 29.2 Å². The maximum atomic E-state index is 12.6. The number of sulfonamides is 1. The Morgan fingerprint density at radius 1 is 1.17 bits per heavy atom. The molecule has 0 saturated carbocycles. The van der Waals surface area contributed by atoms with Crippen LogP contribution in [-0.4, -0.2) is 76.0 Å². The highest BCUT2D eigenvalue weighted by atomic mass is 32.2. The van der Waals surface area contributed by atoms with Crippen molar-refractivity contribution in [2.45, 2.75) is 37.5 Å². The fourth-order valence-corrected chi connectivity index (χ4v) is 5.36. The van der Waals surface area contributed by atoms with E-state index in [9.17, 15) is 13.2 Å². The minimum atomic E-state index is -3.47. The van der Waals surface area contributed by atoms with Gasteiger partial charge < -0.3 is 15.0 Å². The molecule has 1 amide bonds. The van der Waals surface area contributed by atoms with Crippen molar-refractivity contribution >= 4 is 15.9 Å². The van der Waals surface area contributed by atoms with Crippen LogP contribution in [0.25, 0.3) is 0 Å². The topological polar surface area (TPSA) is 79.0 Å². The Morgan fingerprint density at radius 2 is 1.90 bits per heavy atom. The summed E-state index contributed by atoms with van der Waals surface area (Å²) in [6.07, 6.45) is 3.55. The highest BCUT2D eigenvalue weighted by molar-refractivity contribution is 7.89. The van der Waals surface area contributed by atoms with Gasteiger partial charge in [-0.3, -0.25) is 4.79 Å². The van der Waals surface area contributed by atoms with E-state index in [0.717, 1.165) is 31.1 Å². The van der Waals surface area contributed by atoms with E-state index in [0.29, 0.717) is 50.6 Å². The second kappa shape index (κ2) is 10.5. The van der Waals surface area contributed by atoms with E-state index < -0.39 is 10.0 Å². The predicted molar refractivity (Wildman–Crippen MR) is 112 cm³/mol. The third-order valence-corrected chi connectivity index (χ3v) is 7.58. The number of aryl methyl sites for hydroxylation is 1. The summed E-state index contributed by atoms with van der Waals surface area (Å²) in [5.74, 6) is 0.787. The van der Waals surface area contributed by atoms with Crippen molar-refractivity contribution in [1.82, 2.24) is 14.5 Å². The molecule has 0 spiro atoms.